The molecule has 3 amide bonds. The molecule has 1 aliphatic carbocycles. The molecule has 1 fully saturated rings. The number of carbonyl (C=O) groups is 3. The lowest BCUT2D eigenvalue weighted by Crippen LogP contribution is -2.64. The van der Waals surface area contributed by atoms with Crippen molar-refractivity contribution in [1.29, 1.82) is 0 Å². The van der Waals surface area contributed by atoms with Crippen molar-refractivity contribution in [3.05, 3.63) is 52.8 Å². The quantitative estimate of drug-likeness (QED) is 0.725. The van der Waals surface area contributed by atoms with Gasteiger partial charge >= 0.3 is 0 Å². The van der Waals surface area contributed by atoms with E-state index in [-0.39, 0.29) is 36.0 Å². The maximum Gasteiger partial charge on any atom is 0.273 e. The number of nitrogens with one attached hydrogen (secondary N) is 2. The number of carbonyl (C=O) groups excluding carboxylic acids is 3. The first kappa shape index (κ1) is 22.0. The van der Waals surface area contributed by atoms with Crippen molar-refractivity contribution >= 4 is 17.7 Å². The molecular formula is C24H31N5O3. The Morgan fingerprint density at radius 1 is 1.19 bits per heavy atom. The van der Waals surface area contributed by atoms with E-state index >= 15 is 0 Å². The van der Waals surface area contributed by atoms with Crippen LogP contribution in [0.1, 0.15) is 71.6 Å². The first-order valence-electron chi connectivity index (χ1n) is 11.4. The molecule has 1 aromatic carbocycles. The third-order valence-corrected chi connectivity index (χ3v) is 6.60. The number of likely N-dealkylation sites (N-methyl/N-ethyl adjacent to an activating group) is 1. The van der Waals surface area contributed by atoms with Crippen LogP contribution in [0.2, 0.25) is 0 Å². The number of aromatic nitrogens is 2. The van der Waals surface area contributed by atoms with Crippen LogP contribution < -0.4 is 10.6 Å². The number of benzene rings is 1. The summed E-state index contributed by atoms with van der Waals surface area (Å²) in [6, 6.07) is 9.59. The fraction of sp³-hybridized carbons (Fsp3) is 0.500. The van der Waals surface area contributed by atoms with E-state index in [1.54, 1.807) is 11.8 Å². The molecule has 0 spiro atoms. The van der Waals surface area contributed by atoms with Crippen LogP contribution >= 0.6 is 0 Å². The SMILES string of the molecule is CCN1C(=O)c2cc(C(=O)NCc3ccc(C)cc3)nn2C[C@]1(C)C(=O)NC1CCCC1. The third kappa shape index (κ3) is 4.13. The van der Waals surface area contributed by atoms with Gasteiger partial charge in [0.05, 0.1) is 6.54 Å². The zero-order valence-corrected chi connectivity index (χ0v) is 19.0. The Morgan fingerprint density at radius 2 is 1.88 bits per heavy atom. The van der Waals surface area contributed by atoms with E-state index in [1.165, 1.54) is 10.7 Å². The number of nitrogens with zero attached hydrogens (tertiary/aromatic N) is 3. The lowest BCUT2D eigenvalue weighted by atomic mass is 9.94. The van der Waals surface area contributed by atoms with Crippen LogP contribution in [0.5, 0.6) is 0 Å². The lowest BCUT2D eigenvalue weighted by molar-refractivity contribution is -0.133. The van der Waals surface area contributed by atoms with E-state index in [9.17, 15) is 14.4 Å². The number of fused-ring (bicyclic) bond motifs is 1. The molecule has 0 bridgehead atoms. The Balaban J connectivity index is 1.51. The minimum Gasteiger partial charge on any atom is -0.351 e. The van der Waals surface area contributed by atoms with Gasteiger partial charge in [0.1, 0.15) is 11.2 Å². The van der Waals surface area contributed by atoms with Crippen LogP contribution in [0.4, 0.5) is 0 Å². The first-order chi connectivity index (χ1) is 15.3. The number of aryl methyl sites for hydroxylation is 1. The van der Waals surface area contributed by atoms with Crippen molar-refractivity contribution in [3.8, 4) is 0 Å². The van der Waals surface area contributed by atoms with Crippen LogP contribution in [-0.2, 0) is 17.9 Å². The standard InChI is InChI=1S/C24H31N5O3/c1-4-28-22(31)20-13-19(21(30)25-14-17-11-9-16(2)10-12-17)27-29(20)15-24(28,3)23(32)26-18-7-5-6-8-18/h9-13,18H,4-8,14-15H2,1-3H3,(H,25,30)(H,26,32)/t24-/m1/s1. The topological polar surface area (TPSA) is 96.3 Å². The molecule has 32 heavy (non-hydrogen) atoms. The minimum atomic E-state index is -1.05. The molecule has 1 saturated carbocycles. The van der Waals surface area contributed by atoms with Gasteiger partial charge in [-0.1, -0.05) is 42.7 Å². The average Bonchev–Trinajstić information content (AvgIpc) is 3.43. The Labute approximate surface area is 188 Å². The van der Waals surface area contributed by atoms with Gasteiger partial charge in [-0.25, -0.2) is 0 Å². The molecule has 2 heterocycles. The summed E-state index contributed by atoms with van der Waals surface area (Å²) >= 11 is 0. The zero-order valence-electron chi connectivity index (χ0n) is 19.0. The highest BCUT2D eigenvalue weighted by molar-refractivity contribution is 6.01. The Bertz CT molecular complexity index is 1020. The molecule has 4 rings (SSSR count). The van der Waals surface area contributed by atoms with Gasteiger partial charge in [0.15, 0.2) is 5.69 Å². The molecule has 1 aromatic heterocycles. The van der Waals surface area contributed by atoms with Crippen molar-refractivity contribution in [1.82, 2.24) is 25.3 Å². The van der Waals surface area contributed by atoms with Crippen molar-refractivity contribution < 1.29 is 14.4 Å². The first-order valence-corrected chi connectivity index (χ1v) is 11.4. The molecule has 1 atom stereocenters. The Kier molecular flexibility index (Phi) is 6.04. The average molecular weight is 438 g/mol. The lowest BCUT2D eigenvalue weighted by Gasteiger charge is -2.43. The van der Waals surface area contributed by atoms with E-state index in [0.717, 1.165) is 36.8 Å². The largest absolute Gasteiger partial charge is 0.351 e. The van der Waals surface area contributed by atoms with Gasteiger partial charge in [-0.05, 0) is 39.2 Å². The second kappa shape index (κ2) is 8.76. The number of rotatable bonds is 6. The normalized spacial score (nSPS) is 20.8. The summed E-state index contributed by atoms with van der Waals surface area (Å²) in [5, 5.41) is 10.4. The molecule has 1 aliphatic heterocycles. The van der Waals surface area contributed by atoms with Crippen molar-refractivity contribution in [3.63, 3.8) is 0 Å². The Morgan fingerprint density at radius 3 is 2.53 bits per heavy atom. The molecule has 0 unspecified atom stereocenters. The number of amides is 3. The van der Waals surface area contributed by atoms with E-state index in [0.29, 0.717) is 18.8 Å². The van der Waals surface area contributed by atoms with Crippen molar-refractivity contribution in [2.45, 2.75) is 71.1 Å². The van der Waals surface area contributed by atoms with Crippen LogP contribution in [-0.4, -0.2) is 50.5 Å². The highest BCUT2D eigenvalue weighted by Gasteiger charge is 2.48. The molecule has 2 aliphatic rings. The summed E-state index contributed by atoms with van der Waals surface area (Å²) in [4.78, 5) is 40.7. The molecule has 0 radical (unpaired) electrons. The monoisotopic (exact) mass is 437 g/mol. The van der Waals surface area contributed by atoms with Gasteiger partial charge < -0.3 is 15.5 Å². The Hall–Kier alpha value is -3.16. The second-order valence-corrected chi connectivity index (χ2v) is 9.02. The molecule has 8 nitrogen and oxygen atoms in total. The van der Waals surface area contributed by atoms with Crippen molar-refractivity contribution in [2.24, 2.45) is 0 Å². The predicted molar refractivity (Wildman–Crippen MR) is 120 cm³/mol. The van der Waals surface area contributed by atoms with Crippen LogP contribution in [0.3, 0.4) is 0 Å². The minimum absolute atomic E-state index is 0.161. The maximum absolute atomic E-state index is 13.2. The van der Waals surface area contributed by atoms with E-state index in [4.69, 9.17) is 0 Å². The predicted octanol–water partition coefficient (Wildman–Crippen LogP) is 2.41. The molecule has 2 N–H and O–H groups in total. The molecule has 8 heteroatoms. The summed E-state index contributed by atoms with van der Waals surface area (Å²) in [6.45, 7) is 6.63. The van der Waals surface area contributed by atoms with Crippen LogP contribution in [0, 0.1) is 6.92 Å². The van der Waals surface area contributed by atoms with Crippen LogP contribution in [0.15, 0.2) is 30.3 Å². The van der Waals surface area contributed by atoms with E-state index in [2.05, 4.69) is 15.7 Å². The molecule has 0 saturated heterocycles. The van der Waals surface area contributed by atoms with Gasteiger partial charge in [0, 0.05) is 25.2 Å². The smallest absolute Gasteiger partial charge is 0.273 e. The number of hydrogen-bond acceptors (Lipinski definition) is 4. The fourth-order valence-electron chi connectivity index (χ4n) is 4.64. The number of hydrogen-bond donors (Lipinski definition) is 2. The highest BCUT2D eigenvalue weighted by Crippen LogP contribution is 2.28. The van der Waals surface area contributed by atoms with Crippen LogP contribution in [0.25, 0.3) is 0 Å². The summed E-state index contributed by atoms with van der Waals surface area (Å²) in [6.07, 6.45) is 4.17. The maximum atomic E-state index is 13.2. The van der Waals surface area contributed by atoms with Gasteiger partial charge in [0.2, 0.25) is 5.91 Å². The van der Waals surface area contributed by atoms with Gasteiger partial charge in [0.25, 0.3) is 11.8 Å². The summed E-state index contributed by atoms with van der Waals surface area (Å²) in [7, 11) is 0. The van der Waals surface area contributed by atoms with Gasteiger partial charge in [-0.15, -0.1) is 0 Å². The van der Waals surface area contributed by atoms with E-state index < -0.39 is 5.54 Å². The van der Waals surface area contributed by atoms with Gasteiger partial charge in [-0.3, -0.25) is 19.1 Å². The summed E-state index contributed by atoms with van der Waals surface area (Å²) < 4.78 is 1.50. The van der Waals surface area contributed by atoms with Crippen molar-refractivity contribution in [2.75, 3.05) is 6.54 Å². The molecule has 2 aromatic rings. The third-order valence-electron chi connectivity index (χ3n) is 6.60. The second-order valence-electron chi connectivity index (χ2n) is 9.02. The fourth-order valence-corrected chi connectivity index (χ4v) is 4.64. The molecular weight excluding hydrogens is 406 g/mol. The van der Waals surface area contributed by atoms with Gasteiger partial charge in [-0.2, -0.15) is 5.10 Å². The zero-order chi connectivity index (χ0) is 22.9. The summed E-state index contributed by atoms with van der Waals surface area (Å²) in [5.41, 5.74) is 1.59. The highest BCUT2D eigenvalue weighted by atomic mass is 16.2. The molecule has 170 valence electrons. The van der Waals surface area contributed by atoms with E-state index in [1.807, 2.05) is 38.1 Å². The summed E-state index contributed by atoms with van der Waals surface area (Å²) in [5.74, 6) is -0.792.